The first-order chi connectivity index (χ1) is 7.09. The molecule has 1 amide bonds. The van der Waals surface area contributed by atoms with Crippen molar-refractivity contribution in [2.75, 3.05) is 26.7 Å². The van der Waals surface area contributed by atoms with Crippen LogP contribution in [-0.2, 0) is 4.79 Å². The van der Waals surface area contributed by atoms with Crippen molar-refractivity contribution < 1.29 is 4.79 Å². The highest BCUT2D eigenvalue weighted by atomic mass is 35.5. The second-order valence-corrected chi connectivity index (χ2v) is 5.43. The summed E-state index contributed by atoms with van der Waals surface area (Å²) in [5, 5.41) is -0.398. The van der Waals surface area contributed by atoms with Gasteiger partial charge in [-0.05, 0) is 38.8 Å². The number of carbonyl (C=O) groups excluding carboxylic acids is 1. The van der Waals surface area contributed by atoms with Gasteiger partial charge in [0.05, 0.1) is 0 Å². The number of likely N-dealkylation sites (N-methyl/N-ethyl adjacent to an activating group) is 1. The van der Waals surface area contributed by atoms with Crippen LogP contribution in [0.3, 0.4) is 0 Å². The molecule has 94 valence electrons. The summed E-state index contributed by atoms with van der Waals surface area (Å²) >= 11 is 5.84. The predicted octanol–water partition coefficient (Wildman–Crippen LogP) is 1.59. The van der Waals surface area contributed by atoms with Gasteiger partial charge in [-0.2, -0.15) is 0 Å². The standard InChI is InChI=1S/C11H19ClN2O.ClH/c1-8(12)11(15)13(2)10-7-14-5-3-9(10)4-6-14;/h8-10H,3-7H2,1-2H3;1H. The van der Waals surface area contributed by atoms with Gasteiger partial charge in [0.15, 0.2) is 0 Å². The summed E-state index contributed by atoms with van der Waals surface area (Å²) in [6.45, 7) is 5.21. The molecule has 3 saturated heterocycles. The zero-order valence-corrected chi connectivity index (χ0v) is 11.4. The van der Waals surface area contributed by atoms with Crippen molar-refractivity contribution >= 4 is 29.9 Å². The maximum atomic E-state index is 11.8. The highest BCUT2D eigenvalue weighted by Crippen LogP contribution is 2.30. The van der Waals surface area contributed by atoms with Crippen molar-refractivity contribution in [3.05, 3.63) is 0 Å². The molecule has 0 saturated carbocycles. The molecule has 3 rings (SSSR count). The summed E-state index contributed by atoms with van der Waals surface area (Å²) < 4.78 is 0. The third kappa shape index (κ3) is 2.63. The Morgan fingerprint density at radius 3 is 2.38 bits per heavy atom. The minimum atomic E-state index is -0.398. The van der Waals surface area contributed by atoms with E-state index < -0.39 is 5.38 Å². The molecule has 0 aromatic heterocycles. The summed E-state index contributed by atoms with van der Waals surface area (Å²) in [5.74, 6) is 0.759. The highest BCUT2D eigenvalue weighted by Gasteiger charge is 2.38. The Kier molecular flexibility index (Phi) is 4.89. The smallest absolute Gasteiger partial charge is 0.240 e. The van der Waals surface area contributed by atoms with E-state index in [1.54, 1.807) is 6.92 Å². The van der Waals surface area contributed by atoms with E-state index in [9.17, 15) is 4.79 Å². The van der Waals surface area contributed by atoms with Crippen LogP contribution in [0.1, 0.15) is 19.8 Å². The van der Waals surface area contributed by atoms with Crippen LogP contribution >= 0.6 is 24.0 Å². The molecule has 0 aromatic carbocycles. The number of alkyl halides is 1. The van der Waals surface area contributed by atoms with Gasteiger partial charge in [0.25, 0.3) is 0 Å². The quantitative estimate of drug-likeness (QED) is 0.709. The molecular formula is C11H20Cl2N2O. The first kappa shape index (κ1) is 14.1. The van der Waals surface area contributed by atoms with Gasteiger partial charge >= 0.3 is 0 Å². The molecule has 0 spiro atoms. The van der Waals surface area contributed by atoms with Crippen LogP contribution in [0.25, 0.3) is 0 Å². The average molecular weight is 267 g/mol. The fourth-order valence-electron chi connectivity index (χ4n) is 2.82. The van der Waals surface area contributed by atoms with E-state index in [1.807, 2.05) is 11.9 Å². The number of amides is 1. The van der Waals surface area contributed by atoms with Crippen LogP contribution in [0, 0.1) is 5.92 Å². The molecule has 0 aromatic rings. The lowest BCUT2D eigenvalue weighted by Crippen LogP contribution is -2.58. The second kappa shape index (κ2) is 5.56. The molecule has 16 heavy (non-hydrogen) atoms. The Morgan fingerprint density at radius 2 is 2.00 bits per heavy atom. The van der Waals surface area contributed by atoms with Crippen molar-refractivity contribution in [1.82, 2.24) is 9.80 Å². The van der Waals surface area contributed by atoms with E-state index in [4.69, 9.17) is 11.6 Å². The van der Waals surface area contributed by atoms with E-state index in [0.717, 1.165) is 6.54 Å². The van der Waals surface area contributed by atoms with E-state index >= 15 is 0 Å². The average Bonchev–Trinajstić information content (AvgIpc) is 2.28. The lowest BCUT2D eigenvalue weighted by atomic mass is 9.83. The Morgan fingerprint density at radius 1 is 1.44 bits per heavy atom. The highest BCUT2D eigenvalue weighted by molar-refractivity contribution is 6.30. The number of nitrogens with zero attached hydrogens (tertiary/aromatic N) is 2. The van der Waals surface area contributed by atoms with Crippen LogP contribution in [0.5, 0.6) is 0 Å². The topological polar surface area (TPSA) is 23.6 Å². The summed E-state index contributed by atoms with van der Waals surface area (Å²) in [5.41, 5.74) is 0. The minimum absolute atomic E-state index is 0. The lowest BCUT2D eigenvalue weighted by molar-refractivity contribution is -0.135. The second-order valence-electron chi connectivity index (χ2n) is 4.77. The number of halogens is 2. The van der Waals surface area contributed by atoms with Crippen molar-refractivity contribution in [1.29, 1.82) is 0 Å². The summed E-state index contributed by atoms with van der Waals surface area (Å²) in [7, 11) is 1.90. The molecule has 3 fully saturated rings. The van der Waals surface area contributed by atoms with E-state index in [2.05, 4.69) is 4.90 Å². The van der Waals surface area contributed by atoms with Gasteiger partial charge in [-0.25, -0.2) is 0 Å². The first-order valence-electron chi connectivity index (χ1n) is 5.72. The van der Waals surface area contributed by atoms with Crippen molar-refractivity contribution in [3.63, 3.8) is 0 Å². The van der Waals surface area contributed by atoms with Crippen LogP contribution in [0.15, 0.2) is 0 Å². The van der Waals surface area contributed by atoms with Gasteiger partial charge in [-0.3, -0.25) is 4.79 Å². The Hall–Kier alpha value is 0.01000. The number of hydrogen-bond acceptors (Lipinski definition) is 2. The first-order valence-corrected chi connectivity index (χ1v) is 6.16. The van der Waals surface area contributed by atoms with Crippen LogP contribution < -0.4 is 0 Å². The molecule has 2 atom stereocenters. The van der Waals surface area contributed by atoms with Crippen LogP contribution in [0.2, 0.25) is 0 Å². The fraction of sp³-hybridized carbons (Fsp3) is 0.909. The molecule has 3 aliphatic heterocycles. The SMILES string of the molecule is CC(Cl)C(=O)N(C)C1CN2CCC1CC2.Cl. The van der Waals surface area contributed by atoms with Gasteiger partial charge in [0.2, 0.25) is 5.91 Å². The van der Waals surface area contributed by atoms with Gasteiger partial charge in [-0.1, -0.05) is 0 Å². The van der Waals surface area contributed by atoms with Crippen molar-refractivity contribution in [2.24, 2.45) is 5.92 Å². The minimum Gasteiger partial charge on any atom is -0.340 e. The van der Waals surface area contributed by atoms with E-state index in [1.165, 1.54) is 25.9 Å². The third-order valence-corrected chi connectivity index (χ3v) is 3.99. The molecular weight excluding hydrogens is 247 g/mol. The molecule has 0 N–H and O–H groups in total. The maximum Gasteiger partial charge on any atom is 0.240 e. The van der Waals surface area contributed by atoms with E-state index in [-0.39, 0.29) is 18.3 Å². The molecule has 2 bridgehead atoms. The number of carbonyl (C=O) groups is 1. The normalized spacial score (nSPS) is 34.1. The number of fused-ring (bicyclic) bond motifs is 3. The molecule has 5 heteroatoms. The zero-order chi connectivity index (χ0) is 11.0. The summed E-state index contributed by atoms with van der Waals surface area (Å²) in [6, 6.07) is 0.390. The van der Waals surface area contributed by atoms with Crippen molar-refractivity contribution in [3.8, 4) is 0 Å². The molecule has 2 unspecified atom stereocenters. The third-order valence-electron chi connectivity index (χ3n) is 3.81. The number of hydrogen-bond donors (Lipinski definition) is 0. The zero-order valence-electron chi connectivity index (χ0n) is 9.86. The summed E-state index contributed by atoms with van der Waals surface area (Å²) in [4.78, 5) is 16.1. The van der Waals surface area contributed by atoms with E-state index in [0.29, 0.717) is 12.0 Å². The predicted molar refractivity (Wildman–Crippen MR) is 68.3 cm³/mol. The Bertz CT molecular complexity index is 252. The molecule has 3 aliphatic rings. The number of piperidine rings is 3. The number of rotatable bonds is 2. The molecule has 0 radical (unpaired) electrons. The molecule has 3 nitrogen and oxygen atoms in total. The largest absolute Gasteiger partial charge is 0.340 e. The van der Waals surface area contributed by atoms with Gasteiger partial charge < -0.3 is 9.80 Å². The van der Waals surface area contributed by atoms with Crippen molar-refractivity contribution in [2.45, 2.75) is 31.2 Å². The summed E-state index contributed by atoms with van der Waals surface area (Å²) in [6.07, 6.45) is 2.47. The van der Waals surface area contributed by atoms with Gasteiger partial charge in [-0.15, -0.1) is 24.0 Å². The molecule has 0 aliphatic carbocycles. The van der Waals surface area contributed by atoms with Gasteiger partial charge in [0.1, 0.15) is 5.38 Å². The van der Waals surface area contributed by atoms with Gasteiger partial charge in [0, 0.05) is 19.6 Å². The maximum absolute atomic E-state index is 11.8. The molecule has 3 heterocycles. The van der Waals surface area contributed by atoms with Crippen LogP contribution in [-0.4, -0.2) is 53.8 Å². The monoisotopic (exact) mass is 266 g/mol. The van der Waals surface area contributed by atoms with Crippen LogP contribution in [0.4, 0.5) is 0 Å². The lowest BCUT2D eigenvalue weighted by Gasteiger charge is -2.48. The Labute approximate surface area is 109 Å². The Balaban J connectivity index is 0.00000128. The fourth-order valence-corrected chi connectivity index (χ4v) is 2.97.